The highest BCUT2D eigenvalue weighted by Gasteiger charge is 2.19. The molecule has 0 fully saturated rings. The third kappa shape index (κ3) is 3.03. The van der Waals surface area contributed by atoms with Crippen LogP contribution in [0.1, 0.15) is 23.7 Å². The number of halogens is 2. The maximum atomic E-state index is 14.4. The molecule has 0 amide bonds. The molecule has 4 nitrogen and oxygen atoms in total. The second-order valence-corrected chi connectivity index (χ2v) is 6.11. The fourth-order valence-electron chi connectivity index (χ4n) is 2.83. The van der Waals surface area contributed by atoms with Gasteiger partial charge in [-0.05, 0) is 36.8 Å². The second kappa shape index (κ2) is 6.12. The lowest BCUT2D eigenvalue weighted by Gasteiger charge is -2.07. The number of aromatic nitrogens is 2. The highest BCUT2D eigenvalue weighted by molar-refractivity contribution is 6.04. The Morgan fingerprint density at radius 2 is 1.92 bits per heavy atom. The largest absolute Gasteiger partial charge is 0.365 e. The van der Waals surface area contributed by atoms with Crippen LogP contribution in [0.3, 0.4) is 0 Å². The molecule has 1 aliphatic rings. The summed E-state index contributed by atoms with van der Waals surface area (Å²) in [7, 11) is 0. The van der Waals surface area contributed by atoms with Crippen molar-refractivity contribution in [2.75, 3.05) is 6.54 Å². The Balaban J connectivity index is 1.71. The minimum absolute atomic E-state index is 0.201. The van der Waals surface area contributed by atoms with E-state index in [-0.39, 0.29) is 17.7 Å². The van der Waals surface area contributed by atoms with E-state index in [0.717, 1.165) is 10.9 Å². The predicted molar refractivity (Wildman–Crippen MR) is 95.4 cm³/mol. The average molecular weight is 338 g/mol. The standard InChI is InChI=1S/C19H16F2N4/c1-11-10-22-19(23-11)14-8-15-17(24-25-18(15)9-16(14)21)7-4-12-2-5-13(20)6-3-12/h2-9,11H,10H2,1H3,(H,22,23)(H,24,25)/b7-4+. The molecule has 2 aromatic carbocycles. The number of aromatic amines is 1. The number of H-pyrrole nitrogens is 1. The predicted octanol–water partition coefficient (Wildman–Crippen LogP) is 3.75. The van der Waals surface area contributed by atoms with Crippen LogP contribution in [0.5, 0.6) is 0 Å². The number of hydrogen-bond donors (Lipinski definition) is 2. The van der Waals surface area contributed by atoms with Crippen molar-refractivity contribution in [3.63, 3.8) is 0 Å². The molecule has 0 radical (unpaired) electrons. The SMILES string of the molecule is CC1CN=C(c2cc3c(/C=C/c4ccc(F)cc4)n[nH]c3cc2F)N1. The van der Waals surface area contributed by atoms with Crippen molar-refractivity contribution in [3.8, 4) is 0 Å². The van der Waals surface area contributed by atoms with E-state index >= 15 is 0 Å². The first-order valence-corrected chi connectivity index (χ1v) is 8.03. The van der Waals surface area contributed by atoms with Crippen molar-refractivity contribution in [2.24, 2.45) is 4.99 Å². The van der Waals surface area contributed by atoms with E-state index in [4.69, 9.17) is 0 Å². The topological polar surface area (TPSA) is 53.1 Å². The molecule has 0 aliphatic carbocycles. The van der Waals surface area contributed by atoms with Crippen LogP contribution >= 0.6 is 0 Å². The highest BCUT2D eigenvalue weighted by atomic mass is 19.1. The Kier molecular flexibility index (Phi) is 3.80. The lowest BCUT2D eigenvalue weighted by molar-refractivity contribution is 0.625. The van der Waals surface area contributed by atoms with E-state index in [9.17, 15) is 8.78 Å². The van der Waals surface area contributed by atoms with Crippen molar-refractivity contribution in [3.05, 3.63) is 64.9 Å². The Morgan fingerprint density at radius 3 is 2.64 bits per heavy atom. The first-order chi connectivity index (χ1) is 12.1. The molecule has 0 bridgehead atoms. The molecule has 4 rings (SSSR count). The van der Waals surface area contributed by atoms with Gasteiger partial charge >= 0.3 is 0 Å². The van der Waals surface area contributed by atoms with Crippen molar-refractivity contribution < 1.29 is 8.78 Å². The van der Waals surface area contributed by atoms with Crippen LogP contribution in [-0.2, 0) is 0 Å². The third-order valence-corrected chi connectivity index (χ3v) is 4.15. The minimum Gasteiger partial charge on any atom is -0.365 e. The third-order valence-electron chi connectivity index (χ3n) is 4.15. The number of amidine groups is 1. The van der Waals surface area contributed by atoms with Crippen molar-refractivity contribution >= 4 is 28.9 Å². The summed E-state index contributed by atoms with van der Waals surface area (Å²) in [5.74, 6) is -0.0475. The van der Waals surface area contributed by atoms with Crippen molar-refractivity contribution in [1.29, 1.82) is 0 Å². The van der Waals surface area contributed by atoms with Gasteiger partial charge < -0.3 is 5.32 Å². The lowest BCUT2D eigenvalue weighted by atomic mass is 10.1. The van der Waals surface area contributed by atoms with Crippen LogP contribution in [0, 0.1) is 11.6 Å². The number of benzene rings is 2. The van der Waals surface area contributed by atoms with E-state index in [1.165, 1.54) is 18.2 Å². The molecule has 0 saturated heterocycles. The second-order valence-electron chi connectivity index (χ2n) is 6.11. The van der Waals surface area contributed by atoms with Gasteiger partial charge in [-0.2, -0.15) is 5.10 Å². The van der Waals surface area contributed by atoms with E-state index in [2.05, 4.69) is 20.5 Å². The fraction of sp³-hybridized carbons (Fsp3) is 0.158. The van der Waals surface area contributed by atoms with Crippen LogP contribution in [0.2, 0.25) is 0 Å². The van der Waals surface area contributed by atoms with Gasteiger partial charge in [-0.3, -0.25) is 10.1 Å². The summed E-state index contributed by atoms with van der Waals surface area (Å²) >= 11 is 0. The molecule has 0 spiro atoms. The molecule has 25 heavy (non-hydrogen) atoms. The van der Waals surface area contributed by atoms with Crippen LogP contribution in [0.4, 0.5) is 8.78 Å². The van der Waals surface area contributed by atoms with E-state index in [0.29, 0.717) is 29.2 Å². The molecule has 1 aromatic heterocycles. The molecule has 1 unspecified atom stereocenters. The van der Waals surface area contributed by atoms with Crippen LogP contribution in [0.15, 0.2) is 41.4 Å². The molecular weight excluding hydrogens is 322 g/mol. The Labute approximate surface area is 143 Å². The zero-order chi connectivity index (χ0) is 17.4. The molecule has 126 valence electrons. The first kappa shape index (κ1) is 15.5. The molecular formula is C19H16F2N4. The summed E-state index contributed by atoms with van der Waals surface area (Å²) in [5, 5.41) is 11.1. The van der Waals surface area contributed by atoms with Crippen molar-refractivity contribution in [2.45, 2.75) is 13.0 Å². The summed E-state index contributed by atoms with van der Waals surface area (Å²) in [6.45, 7) is 2.64. The number of nitrogens with zero attached hydrogens (tertiary/aromatic N) is 2. The number of hydrogen-bond acceptors (Lipinski definition) is 3. The van der Waals surface area contributed by atoms with Crippen LogP contribution < -0.4 is 5.32 Å². The smallest absolute Gasteiger partial charge is 0.136 e. The molecule has 6 heteroatoms. The van der Waals surface area contributed by atoms with Crippen molar-refractivity contribution in [1.82, 2.24) is 15.5 Å². The average Bonchev–Trinajstić information content (AvgIpc) is 3.19. The molecule has 3 aromatic rings. The minimum atomic E-state index is -0.342. The van der Waals surface area contributed by atoms with Gasteiger partial charge in [0.2, 0.25) is 0 Å². The van der Waals surface area contributed by atoms with E-state index < -0.39 is 0 Å². The van der Waals surface area contributed by atoms with Gasteiger partial charge in [0, 0.05) is 17.5 Å². The molecule has 2 N–H and O–H groups in total. The maximum absolute atomic E-state index is 14.4. The van der Waals surface area contributed by atoms with Crippen LogP contribution in [-0.4, -0.2) is 28.6 Å². The normalized spacial score (nSPS) is 17.2. The summed E-state index contributed by atoms with van der Waals surface area (Å²) < 4.78 is 27.3. The number of rotatable bonds is 3. The van der Waals surface area contributed by atoms with Gasteiger partial charge in [0.05, 0.1) is 23.3 Å². The van der Waals surface area contributed by atoms with Gasteiger partial charge in [0.1, 0.15) is 17.5 Å². The maximum Gasteiger partial charge on any atom is 0.136 e. The van der Waals surface area contributed by atoms with Gasteiger partial charge in [0.15, 0.2) is 0 Å². The zero-order valence-electron chi connectivity index (χ0n) is 13.6. The highest BCUT2D eigenvalue weighted by Crippen LogP contribution is 2.23. The number of aliphatic imine (C=N–C) groups is 1. The first-order valence-electron chi connectivity index (χ1n) is 8.03. The van der Waals surface area contributed by atoms with E-state index in [1.54, 1.807) is 18.2 Å². The number of nitrogens with one attached hydrogen (secondary N) is 2. The molecule has 0 saturated carbocycles. The monoisotopic (exact) mass is 338 g/mol. The summed E-state index contributed by atoms with van der Waals surface area (Å²) in [6, 6.07) is 9.56. The quantitative estimate of drug-likeness (QED) is 0.764. The fourth-order valence-corrected chi connectivity index (χ4v) is 2.83. The molecule has 2 heterocycles. The van der Waals surface area contributed by atoms with Gasteiger partial charge in [0.25, 0.3) is 0 Å². The lowest BCUT2D eigenvalue weighted by Crippen LogP contribution is -2.28. The molecule has 1 aliphatic heterocycles. The summed E-state index contributed by atoms with van der Waals surface area (Å²) in [6.07, 6.45) is 3.66. The van der Waals surface area contributed by atoms with Gasteiger partial charge in [-0.15, -0.1) is 0 Å². The zero-order valence-corrected chi connectivity index (χ0v) is 13.6. The Morgan fingerprint density at radius 1 is 1.12 bits per heavy atom. The summed E-state index contributed by atoms with van der Waals surface area (Å²) in [5.41, 5.74) is 2.60. The Hall–Kier alpha value is -3.02. The van der Waals surface area contributed by atoms with Crippen LogP contribution in [0.25, 0.3) is 23.1 Å². The number of fused-ring (bicyclic) bond motifs is 1. The van der Waals surface area contributed by atoms with Gasteiger partial charge in [-0.1, -0.05) is 18.2 Å². The molecule has 1 atom stereocenters. The van der Waals surface area contributed by atoms with Gasteiger partial charge in [-0.25, -0.2) is 8.78 Å². The van der Waals surface area contributed by atoms with E-state index in [1.807, 2.05) is 19.1 Å². The Bertz CT molecular complexity index is 987. The summed E-state index contributed by atoms with van der Waals surface area (Å²) in [4.78, 5) is 4.35.